The Labute approximate surface area is 95.5 Å². The van der Waals surface area contributed by atoms with Crippen molar-refractivity contribution >= 4 is 5.91 Å². The lowest BCUT2D eigenvalue weighted by atomic mass is 9.91. The molecule has 0 saturated heterocycles. The maximum Gasteiger partial charge on any atom is 0.242 e. The monoisotopic (exact) mass is 222 g/mol. The summed E-state index contributed by atoms with van der Waals surface area (Å²) in [5.74, 6) is -0.252. The van der Waals surface area contributed by atoms with Gasteiger partial charge in [-0.25, -0.2) is 0 Å². The lowest BCUT2D eigenvalue weighted by Crippen LogP contribution is -2.50. The summed E-state index contributed by atoms with van der Waals surface area (Å²) in [5, 5.41) is 12.3. The fourth-order valence-electron chi connectivity index (χ4n) is 1.50. The highest BCUT2D eigenvalue weighted by molar-refractivity contribution is 5.85. The summed E-state index contributed by atoms with van der Waals surface area (Å²) < 4.78 is 0. The van der Waals surface area contributed by atoms with Gasteiger partial charge in [-0.15, -0.1) is 0 Å². The standard InChI is InChI=1S/C12H18N2O2/c1-3-8-14-12(2,11(13)16)9-4-6-10(15)7-5-9/h4-7,14-15H,3,8H2,1-2H3,(H2,13,16). The van der Waals surface area contributed by atoms with Crippen molar-refractivity contribution in [3.05, 3.63) is 29.8 Å². The van der Waals surface area contributed by atoms with E-state index in [0.717, 1.165) is 12.0 Å². The summed E-state index contributed by atoms with van der Waals surface area (Å²) in [6, 6.07) is 6.49. The summed E-state index contributed by atoms with van der Waals surface area (Å²) in [5.41, 5.74) is 5.29. The number of amides is 1. The van der Waals surface area contributed by atoms with Gasteiger partial charge in [0.25, 0.3) is 0 Å². The first-order valence-electron chi connectivity index (χ1n) is 5.35. The molecular weight excluding hydrogens is 204 g/mol. The second-order valence-corrected chi connectivity index (χ2v) is 3.96. The van der Waals surface area contributed by atoms with Crippen LogP contribution in [0.3, 0.4) is 0 Å². The highest BCUT2D eigenvalue weighted by Gasteiger charge is 2.32. The Balaban J connectivity index is 3.01. The normalized spacial score (nSPS) is 14.4. The van der Waals surface area contributed by atoms with Crippen LogP contribution in [0, 0.1) is 0 Å². The van der Waals surface area contributed by atoms with Crippen LogP contribution in [0.1, 0.15) is 25.8 Å². The average Bonchev–Trinajstić information content (AvgIpc) is 2.26. The Morgan fingerprint density at radius 1 is 1.44 bits per heavy atom. The van der Waals surface area contributed by atoms with Crippen molar-refractivity contribution in [3.8, 4) is 5.75 Å². The van der Waals surface area contributed by atoms with Crippen molar-refractivity contribution in [2.24, 2.45) is 5.73 Å². The maximum atomic E-state index is 11.5. The molecule has 0 aliphatic carbocycles. The molecule has 0 bridgehead atoms. The van der Waals surface area contributed by atoms with Crippen LogP contribution in [-0.2, 0) is 10.3 Å². The molecule has 4 nitrogen and oxygen atoms in total. The number of phenols is 1. The highest BCUT2D eigenvalue weighted by Crippen LogP contribution is 2.22. The van der Waals surface area contributed by atoms with E-state index in [0.29, 0.717) is 6.54 Å². The number of carbonyl (C=O) groups is 1. The number of carbonyl (C=O) groups excluding carboxylic acids is 1. The zero-order chi connectivity index (χ0) is 12.2. The maximum absolute atomic E-state index is 11.5. The van der Waals surface area contributed by atoms with Gasteiger partial charge in [-0.05, 0) is 37.6 Å². The van der Waals surface area contributed by atoms with Crippen LogP contribution < -0.4 is 11.1 Å². The van der Waals surface area contributed by atoms with Crippen molar-refractivity contribution in [3.63, 3.8) is 0 Å². The highest BCUT2D eigenvalue weighted by atomic mass is 16.3. The molecule has 1 atom stereocenters. The molecule has 1 rings (SSSR count). The second-order valence-electron chi connectivity index (χ2n) is 3.96. The molecule has 16 heavy (non-hydrogen) atoms. The lowest BCUT2D eigenvalue weighted by Gasteiger charge is -2.28. The molecule has 1 aromatic carbocycles. The first-order valence-corrected chi connectivity index (χ1v) is 5.35. The van der Waals surface area contributed by atoms with E-state index in [2.05, 4.69) is 5.32 Å². The molecule has 0 spiro atoms. The molecule has 0 aliphatic heterocycles. The van der Waals surface area contributed by atoms with Crippen LogP contribution >= 0.6 is 0 Å². The molecule has 4 N–H and O–H groups in total. The molecule has 0 saturated carbocycles. The number of nitrogens with two attached hydrogens (primary N) is 1. The first kappa shape index (κ1) is 12.5. The number of hydrogen-bond donors (Lipinski definition) is 3. The Morgan fingerprint density at radius 3 is 2.44 bits per heavy atom. The van der Waals surface area contributed by atoms with Gasteiger partial charge in [-0.1, -0.05) is 19.1 Å². The van der Waals surface area contributed by atoms with Crippen molar-refractivity contribution in [1.29, 1.82) is 0 Å². The Morgan fingerprint density at radius 2 is 2.00 bits per heavy atom. The zero-order valence-electron chi connectivity index (χ0n) is 9.66. The summed E-state index contributed by atoms with van der Waals surface area (Å²) in [7, 11) is 0. The summed E-state index contributed by atoms with van der Waals surface area (Å²) in [4.78, 5) is 11.5. The third-order valence-electron chi connectivity index (χ3n) is 2.67. The summed E-state index contributed by atoms with van der Waals surface area (Å²) >= 11 is 0. The number of primary amides is 1. The van der Waals surface area contributed by atoms with E-state index in [-0.39, 0.29) is 5.75 Å². The van der Waals surface area contributed by atoms with Gasteiger partial charge in [-0.2, -0.15) is 0 Å². The molecule has 0 fully saturated rings. The number of benzene rings is 1. The quantitative estimate of drug-likeness (QED) is 0.698. The van der Waals surface area contributed by atoms with Gasteiger partial charge in [0.1, 0.15) is 11.3 Å². The fraction of sp³-hybridized carbons (Fsp3) is 0.417. The zero-order valence-corrected chi connectivity index (χ0v) is 9.66. The first-order chi connectivity index (χ1) is 7.50. The molecule has 1 aromatic rings. The minimum atomic E-state index is -0.885. The molecule has 0 aromatic heterocycles. The predicted octanol–water partition coefficient (Wildman–Crippen LogP) is 1.09. The van der Waals surface area contributed by atoms with Crippen LogP contribution in [0.25, 0.3) is 0 Å². The molecule has 1 amide bonds. The molecule has 1 unspecified atom stereocenters. The van der Waals surface area contributed by atoms with Crippen LogP contribution in [0.15, 0.2) is 24.3 Å². The van der Waals surface area contributed by atoms with Crippen LogP contribution in [0.2, 0.25) is 0 Å². The van der Waals surface area contributed by atoms with Gasteiger partial charge >= 0.3 is 0 Å². The van der Waals surface area contributed by atoms with Gasteiger partial charge in [0.15, 0.2) is 0 Å². The number of rotatable bonds is 5. The summed E-state index contributed by atoms with van der Waals surface area (Å²) in [6.07, 6.45) is 0.918. The Bertz CT molecular complexity index is 362. The van der Waals surface area contributed by atoms with Gasteiger partial charge in [0.05, 0.1) is 0 Å². The van der Waals surface area contributed by atoms with Crippen LogP contribution in [0.5, 0.6) is 5.75 Å². The number of aromatic hydroxyl groups is 1. The Kier molecular flexibility index (Phi) is 3.90. The van der Waals surface area contributed by atoms with Gasteiger partial charge in [-0.3, -0.25) is 10.1 Å². The van der Waals surface area contributed by atoms with E-state index in [4.69, 9.17) is 5.73 Å². The minimum Gasteiger partial charge on any atom is -0.508 e. The van der Waals surface area contributed by atoms with Crippen LogP contribution in [-0.4, -0.2) is 17.6 Å². The van der Waals surface area contributed by atoms with E-state index in [9.17, 15) is 9.90 Å². The van der Waals surface area contributed by atoms with Gasteiger partial charge < -0.3 is 10.8 Å². The SMILES string of the molecule is CCCNC(C)(C(N)=O)c1ccc(O)cc1. The van der Waals surface area contributed by atoms with E-state index >= 15 is 0 Å². The lowest BCUT2D eigenvalue weighted by molar-refractivity contribution is -0.124. The fourth-order valence-corrected chi connectivity index (χ4v) is 1.50. The second kappa shape index (κ2) is 4.99. The van der Waals surface area contributed by atoms with E-state index in [1.165, 1.54) is 0 Å². The molecular formula is C12H18N2O2. The number of phenolic OH excluding ortho intramolecular Hbond substituents is 1. The summed E-state index contributed by atoms with van der Waals surface area (Å²) in [6.45, 7) is 4.48. The van der Waals surface area contributed by atoms with Gasteiger partial charge in [0, 0.05) is 0 Å². The minimum absolute atomic E-state index is 0.172. The smallest absolute Gasteiger partial charge is 0.242 e. The predicted molar refractivity (Wildman–Crippen MR) is 62.9 cm³/mol. The third kappa shape index (κ3) is 2.52. The van der Waals surface area contributed by atoms with Crippen molar-refractivity contribution in [2.45, 2.75) is 25.8 Å². The average molecular weight is 222 g/mol. The van der Waals surface area contributed by atoms with Crippen LogP contribution in [0.4, 0.5) is 0 Å². The third-order valence-corrected chi connectivity index (χ3v) is 2.67. The number of hydrogen-bond acceptors (Lipinski definition) is 3. The Hall–Kier alpha value is -1.55. The van der Waals surface area contributed by atoms with Crippen molar-refractivity contribution in [2.75, 3.05) is 6.54 Å². The largest absolute Gasteiger partial charge is 0.508 e. The van der Waals surface area contributed by atoms with Crippen molar-refractivity contribution < 1.29 is 9.90 Å². The topological polar surface area (TPSA) is 75.3 Å². The molecule has 88 valence electrons. The van der Waals surface area contributed by atoms with E-state index < -0.39 is 11.4 Å². The van der Waals surface area contributed by atoms with E-state index in [1.54, 1.807) is 31.2 Å². The van der Waals surface area contributed by atoms with Gasteiger partial charge in [0.2, 0.25) is 5.91 Å². The molecule has 0 heterocycles. The molecule has 0 aliphatic rings. The van der Waals surface area contributed by atoms with E-state index in [1.807, 2.05) is 6.92 Å². The van der Waals surface area contributed by atoms with Crippen molar-refractivity contribution in [1.82, 2.24) is 5.32 Å². The molecule has 0 radical (unpaired) electrons. The number of nitrogens with one attached hydrogen (secondary N) is 1. The molecule has 4 heteroatoms.